The maximum Gasteiger partial charge on any atom is 0.325 e. The lowest BCUT2D eigenvalue weighted by Crippen LogP contribution is -2.46. The summed E-state index contributed by atoms with van der Waals surface area (Å²) in [5, 5.41) is 5.45. The van der Waals surface area contributed by atoms with Crippen LogP contribution in [0.3, 0.4) is 0 Å². The molecule has 2 fully saturated rings. The largest absolute Gasteiger partial charge is 0.325 e. The highest BCUT2D eigenvalue weighted by Crippen LogP contribution is 2.42. The predicted octanol–water partition coefficient (Wildman–Crippen LogP) is 2.42. The second-order valence-corrected chi connectivity index (χ2v) is 7.16. The molecule has 0 aromatic heterocycles. The number of carbonyl (C=O) groups excluding carboxylic acids is 3. The molecule has 0 radical (unpaired) electrons. The third-order valence-corrected chi connectivity index (χ3v) is 5.33. The summed E-state index contributed by atoms with van der Waals surface area (Å²) in [5.41, 5.74) is 0.762. The standard InChI is InChI=1S/C16H18BrN3O3/c1-9-7-11(5-6-12(9)17)18-13(21)8-20-14(22)16(2,10-3-4-10)19-15(20)23/h5-7,10H,3-4,8H2,1-2H3,(H,18,21)(H,19,23)/t16-/m1/s1. The number of urea groups is 1. The molecule has 7 heteroatoms. The van der Waals surface area contributed by atoms with E-state index in [0.29, 0.717) is 5.69 Å². The Bertz CT molecular complexity index is 702. The van der Waals surface area contributed by atoms with Gasteiger partial charge in [0.15, 0.2) is 0 Å². The molecule has 0 spiro atoms. The van der Waals surface area contributed by atoms with E-state index in [9.17, 15) is 14.4 Å². The highest BCUT2D eigenvalue weighted by Gasteiger charge is 2.56. The Morgan fingerprint density at radius 2 is 2.13 bits per heavy atom. The third kappa shape index (κ3) is 2.97. The first-order valence-corrected chi connectivity index (χ1v) is 8.30. The lowest BCUT2D eigenvalue weighted by atomic mass is 9.96. The van der Waals surface area contributed by atoms with E-state index in [-0.39, 0.29) is 18.4 Å². The van der Waals surface area contributed by atoms with Crippen LogP contribution in [0.5, 0.6) is 0 Å². The number of rotatable bonds is 4. The van der Waals surface area contributed by atoms with Gasteiger partial charge in [0.05, 0.1) is 0 Å². The van der Waals surface area contributed by atoms with Crippen LogP contribution in [-0.4, -0.2) is 34.8 Å². The molecule has 0 bridgehead atoms. The van der Waals surface area contributed by atoms with Crippen molar-refractivity contribution in [2.75, 3.05) is 11.9 Å². The fourth-order valence-corrected chi connectivity index (χ4v) is 3.11. The average Bonchev–Trinajstić information content (AvgIpc) is 3.29. The van der Waals surface area contributed by atoms with Crippen molar-refractivity contribution < 1.29 is 14.4 Å². The maximum absolute atomic E-state index is 12.5. The zero-order chi connectivity index (χ0) is 16.8. The predicted molar refractivity (Wildman–Crippen MR) is 88.9 cm³/mol. The Morgan fingerprint density at radius 1 is 1.43 bits per heavy atom. The van der Waals surface area contributed by atoms with Crippen LogP contribution >= 0.6 is 15.9 Å². The Labute approximate surface area is 142 Å². The van der Waals surface area contributed by atoms with Crippen molar-refractivity contribution >= 4 is 39.5 Å². The van der Waals surface area contributed by atoms with Crippen molar-refractivity contribution in [2.45, 2.75) is 32.2 Å². The van der Waals surface area contributed by atoms with E-state index < -0.39 is 17.5 Å². The van der Waals surface area contributed by atoms with E-state index in [1.54, 1.807) is 13.0 Å². The summed E-state index contributed by atoms with van der Waals surface area (Å²) in [6.07, 6.45) is 1.86. The van der Waals surface area contributed by atoms with Crippen molar-refractivity contribution in [3.05, 3.63) is 28.2 Å². The van der Waals surface area contributed by atoms with Gasteiger partial charge in [0.25, 0.3) is 5.91 Å². The van der Waals surface area contributed by atoms with E-state index in [0.717, 1.165) is 27.8 Å². The van der Waals surface area contributed by atoms with Gasteiger partial charge in [0, 0.05) is 10.2 Å². The van der Waals surface area contributed by atoms with Crippen molar-refractivity contribution in [3.8, 4) is 0 Å². The molecule has 4 amide bonds. The van der Waals surface area contributed by atoms with E-state index in [4.69, 9.17) is 0 Å². The summed E-state index contributed by atoms with van der Waals surface area (Å²) < 4.78 is 0.949. The number of hydrogen-bond donors (Lipinski definition) is 2. The van der Waals surface area contributed by atoms with Gasteiger partial charge in [-0.1, -0.05) is 15.9 Å². The highest BCUT2D eigenvalue weighted by atomic mass is 79.9. The van der Waals surface area contributed by atoms with Crippen molar-refractivity contribution in [3.63, 3.8) is 0 Å². The van der Waals surface area contributed by atoms with Gasteiger partial charge in [-0.25, -0.2) is 4.79 Å². The van der Waals surface area contributed by atoms with Crippen LogP contribution in [0.25, 0.3) is 0 Å². The molecule has 2 aliphatic rings. The quantitative estimate of drug-likeness (QED) is 0.788. The summed E-state index contributed by atoms with van der Waals surface area (Å²) in [7, 11) is 0. The maximum atomic E-state index is 12.5. The number of anilines is 1. The minimum Gasteiger partial charge on any atom is -0.325 e. The molecule has 1 aromatic rings. The average molecular weight is 380 g/mol. The summed E-state index contributed by atoms with van der Waals surface area (Å²) in [5.74, 6) is -0.524. The topological polar surface area (TPSA) is 78.5 Å². The highest BCUT2D eigenvalue weighted by molar-refractivity contribution is 9.10. The van der Waals surface area contributed by atoms with Gasteiger partial charge in [-0.3, -0.25) is 14.5 Å². The van der Waals surface area contributed by atoms with Gasteiger partial charge in [-0.15, -0.1) is 0 Å². The zero-order valence-corrected chi connectivity index (χ0v) is 14.6. The number of nitrogens with one attached hydrogen (secondary N) is 2. The van der Waals surface area contributed by atoms with E-state index in [2.05, 4.69) is 26.6 Å². The Morgan fingerprint density at radius 3 is 2.74 bits per heavy atom. The number of amides is 4. The first-order chi connectivity index (χ1) is 10.8. The fraction of sp³-hybridized carbons (Fsp3) is 0.438. The molecular formula is C16H18BrN3O3. The normalized spacial score (nSPS) is 23.9. The Hall–Kier alpha value is -1.89. The van der Waals surface area contributed by atoms with Gasteiger partial charge in [0.1, 0.15) is 12.1 Å². The summed E-state index contributed by atoms with van der Waals surface area (Å²) in [6, 6.07) is 4.92. The molecule has 0 unspecified atom stereocenters. The lowest BCUT2D eigenvalue weighted by Gasteiger charge is -2.20. The van der Waals surface area contributed by atoms with E-state index in [1.807, 2.05) is 19.1 Å². The van der Waals surface area contributed by atoms with Crippen LogP contribution in [0, 0.1) is 12.8 Å². The molecule has 2 N–H and O–H groups in total. The molecule has 1 heterocycles. The van der Waals surface area contributed by atoms with Crippen LogP contribution in [0.4, 0.5) is 10.5 Å². The first-order valence-electron chi connectivity index (χ1n) is 7.51. The van der Waals surface area contributed by atoms with E-state index >= 15 is 0 Å². The molecular weight excluding hydrogens is 362 g/mol. The van der Waals surface area contributed by atoms with Crippen molar-refractivity contribution in [2.24, 2.45) is 5.92 Å². The summed E-state index contributed by atoms with van der Waals surface area (Å²) >= 11 is 3.40. The Kier molecular flexibility index (Phi) is 3.91. The number of benzene rings is 1. The van der Waals surface area contributed by atoms with Gasteiger partial charge < -0.3 is 10.6 Å². The minimum absolute atomic E-state index is 0.182. The molecule has 23 heavy (non-hydrogen) atoms. The van der Waals surface area contributed by atoms with Gasteiger partial charge in [-0.05, 0) is 56.4 Å². The smallest absolute Gasteiger partial charge is 0.325 e. The molecule has 6 nitrogen and oxygen atoms in total. The minimum atomic E-state index is -0.856. The summed E-state index contributed by atoms with van der Waals surface area (Å²) in [6.45, 7) is 3.38. The van der Waals surface area contributed by atoms with Gasteiger partial charge in [0.2, 0.25) is 5.91 Å². The second-order valence-electron chi connectivity index (χ2n) is 6.31. The number of aryl methyl sites for hydroxylation is 1. The van der Waals surface area contributed by atoms with Crippen molar-refractivity contribution in [1.82, 2.24) is 10.2 Å². The zero-order valence-electron chi connectivity index (χ0n) is 13.0. The number of nitrogens with zero attached hydrogens (tertiary/aromatic N) is 1. The number of hydrogen-bond acceptors (Lipinski definition) is 3. The number of halogens is 1. The SMILES string of the molecule is Cc1cc(NC(=O)CN2C(=O)N[C@](C)(C3CC3)C2=O)ccc1Br. The fourth-order valence-electron chi connectivity index (χ4n) is 2.86. The molecule has 3 rings (SSSR count). The van der Waals surface area contributed by atoms with Crippen LogP contribution < -0.4 is 10.6 Å². The molecule has 1 atom stereocenters. The van der Waals surface area contributed by atoms with Crippen LogP contribution in [0.1, 0.15) is 25.3 Å². The molecule has 1 aliphatic carbocycles. The van der Waals surface area contributed by atoms with Gasteiger partial charge in [-0.2, -0.15) is 0 Å². The molecule has 1 saturated heterocycles. The molecule has 122 valence electrons. The van der Waals surface area contributed by atoms with Gasteiger partial charge >= 0.3 is 6.03 Å². The van der Waals surface area contributed by atoms with Crippen LogP contribution in [0.2, 0.25) is 0 Å². The monoisotopic (exact) mass is 379 g/mol. The molecule has 1 aromatic carbocycles. The van der Waals surface area contributed by atoms with Crippen LogP contribution in [-0.2, 0) is 9.59 Å². The second kappa shape index (κ2) is 5.63. The number of imide groups is 1. The van der Waals surface area contributed by atoms with Crippen molar-refractivity contribution in [1.29, 1.82) is 0 Å². The first kappa shape index (κ1) is 16.0. The van der Waals surface area contributed by atoms with E-state index in [1.165, 1.54) is 0 Å². The van der Waals surface area contributed by atoms with Crippen LogP contribution in [0.15, 0.2) is 22.7 Å². The Balaban J connectivity index is 1.66. The lowest BCUT2D eigenvalue weighted by molar-refractivity contribution is -0.134. The molecule has 1 aliphatic heterocycles. The molecule has 1 saturated carbocycles. The third-order valence-electron chi connectivity index (χ3n) is 4.44. The number of carbonyl (C=O) groups is 3. The summed E-state index contributed by atoms with van der Waals surface area (Å²) in [4.78, 5) is 37.6.